The van der Waals surface area contributed by atoms with Gasteiger partial charge in [0.15, 0.2) is 0 Å². The second kappa shape index (κ2) is 14.6. The van der Waals surface area contributed by atoms with E-state index in [1.54, 1.807) is 0 Å². The van der Waals surface area contributed by atoms with Crippen molar-refractivity contribution in [3.05, 3.63) is 194 Å². The molecule has 0 saturated heterocycles. The van der Waals surface area contributed by atoms with Crippen molar-refractivity contribution in [2.75, 3.05) is 0 Å². The van der Waals surface area contributed by atoms with Crippen LogP contribution >= 0.6 is 0 Å². The molecule has 3 aromatic heterocycles. The third-order valence-electron chi connectivity index (χ3n) is 10.8. The van der Waals surface area contributed by atoms with Crippen molar-refractivity contribution in [1.29, 1.82) is 0 Å². The van der Waals surface area contributed by atoms with Crippen molar-refractivity contribution in [1.82, 2.24) is 19.1 Å². The van der Waals surface area contributed by atoms with Crippen LogP contribution in [-0.4, -0.2) is 19.1 Å². The van der Waals surface area contributed by atoms with E-state index >= 15 is 0 Å². The van der Waals surface area contributed by atoms with Gasteiger partial charge in [-0.2, -0.15) is 24.3 Å². The van der Waals surface area contributed by atoms with Crippen LogP contribution in [0, 0.1) is 12.1 Å². The van der Waals surface area contributed by atoms with E-state index in [4.69, 9.17) is 9.97 Å². The van der Waals surface area contributed by atoms with E-state index in [9.17, 15) is 0 Å². The minimum absolute atomic E-state index is 0. The summed E-state index contributed by atoms with van der Waals surface area (Å²) >= 11 is 0. The van der Waals surface area contributed by atoms with Gasteiger partial charge in [-0.05, 0) is 63.4 Å². The molecule has 276 valence electrons. The van der Waals surface area contributed by atoms with Crippen LogP contribution in [0.4, 0.5) is 0 Å². The Labute approximate surface area is 347 Å². The van der Waals surface area contributed by atoms with Crippen LogP contribution in [0.2, 0.25) is 0 Å². The number of hydrogen-bond acceptors (Lipinski definition) is 2. The summed E-state index contributed by atoms with van der Waals surface area (Å²) in [6, 6.07) is 67.2. The Hall–Kier alpha value is -6.35. The first-order valence-corrected chi connectivity index (χ1v) is 19.1. The maximum absolute atomic E-state index is 5.64. The minimum atomic E-state index is -0.0345. The molecule has 10 rings (SSSR count). The number of aromatic nitrogens is 4. The van der Waals surface area contributed by atoms with Crippen LogP contribution in [0.1, 0.15) is 26.3 Å². The molecule has 0 spiro atoms. The summed E-state index contributed by atoms with van der Waals surface area (Å²) in [6.45, 7) is 6.81. The van der Waals surface area contributed by atoms with E-state index in [-0.39, 0.29) is 26.5 Å². The number of hydrogen-bond donors (Lipinski definition) is 0. The zero-order chi connectivity index (χ0) is 37.8. The molecule has 4 nitrogen and oxygen atoms in total. The maximum Gasteiger partial charge on any atom is 2.00 e. The molecular formula is C52H38N4Pt. The van der Waals surface area contributed by atoms with Gasteiger partial charge in [-0.1, -0.05) is 141 Å². The second-order valence-electron chi connectivity index (χ2n) is 15.3. The van der Waals surface area contributed by atoms with Gasteiger partial charge in [0.25, 0.3) is 0 Å². The molecule has 0 aliphatic heterocycles. The molecule has 0 fully saturated rings. The zero-order valence-electron chi connectivity index (χ0n) is 31.8. The van der Waals surface area contributed by atoms with E-state index in [0.29, 0.717) is 0 Å². The van der Waals surface area contributed by atoms with Gasteiger partial charge in [0.05, 0.1) is 16.7 Å². The summed E-state index contributed by atoms with van der Waals surface area (Å²) in [4.78, 5) is 10.4. The topological polar surface area (TPSA) is 35.6 Å². The predicted octanol–water partition coefficient (Wildman–Crippen LogP) is 13.1. The molecule has 0 saturated carbocycles. The van der Waals surface area contributed by atoms with Crippen LogP contribution in [0.25, 0.3) is 89.1 Å². The van der Waals surface area contributed by atoms with Crippen molar-refractivity contribution >= 4 is 32.8 Å². The summed E-state index contributed by atoms with van der Waals surface area (Å²) in [7, 11) is 0. The quantitative estimate of drug-likeness (QED) is 0.156. The number of rotatable bonds is 6. The SMILES string of the molecule is CC(C)(C)c1ccc(-n2c(-n3c4[c-]cccc4c4ccccc43)nc3c(-c4[c-]c(-c5cc(-c6ccccc6)ccn5)ccc4)cccc32)c(-c2ccccc2)c1.[Pt+2]. The third kappa shape index (κ3) is 6.41. The number of pyridine rings is 1. The smallest absolute Gasteiger partial charge is 0.304 e. The second-order valence-corrected chi connectivity index (χ2v) is 15.3. The van der Waals surface area contributed by atoms with Gasteiger partial charge in [-0.25, -0.2) is 4.98 Å². The van der Waals surface area contributed by atoms with Gasteiger partial charge in [0, 0.05) is 23.0 Å². The van der Waals surface area contributed by atoms with E-state index in [1.165, 1.54) is 5.56 Å². The maximum atomic E-state index is 5.64. The van der Waals surface area contributed by atoms with Gasteiger partial charge in [-0.3, -0.25) is 9.55 Å². The van der Waals surface area contributed by atoms with Crippen molar-refractivity contribution in [3.63, 3.8) is 0 Å². The first-order valence-electron chi connectivity index (χ1n) is 19.1. The Morgan fingerprint density at radius 2 is 1.25 bits per heavy atom. The van der Waals surface area contributed by atoms with Crippen LogP contribution in [0.3, 0.4) is 0 Å². The van der Waals surface area contributed by atoms with Crippen molar-refractivity contribution in [2.24, 2.45) is 0 Å². The number of para-hydroxylation sites is 3. The fourth-order valence-corrected chi connectivity index (χ4v) is 7.96. The van der Waals surface area contributed by atoms with Gasteiger partial charge >= 0.3 is 21.1 Å². The Kier molecular flexibility index (Phi) is 9.31. The Morgan fingerprint density at radius 3 is 2.05 bits per heavy atom. The molecule has 0 aliphatic rings. The third-order valence-corrected chi connectivity index (χ3v) is 10.8. The van der Waals surface area contributed by atoms with Gasteiger partial charge in [0.1, 0.15) is 0 Å². The Balaban J connectivity index is 0.00000422. The Morgan fingerprint density at radius 1 is 0.544 bits per heavy atom. The normalized spacial score (nSPS) is 11.6. The molecule has 0 unspecified atom stereocenters. The number of fused-ring (bicyclic) bond motifs is 4. The molecule has 0 radical (unpaired) electrons. The van der Waals surface area contributed by atoms with Gasteiger partial charge in [0.2, 0.25) is 5.95 Å². The van der Waals surface area contributed by atoms with Crippen LogP contribution in [0.15, 0.2) is 176 Å². The summed E-state index contributed by atoms with van der Waals surface area (Å²) in [5.74, 6) is 0.801. The molecule has 0 N–H and O–H groups in total. The van der Waals surface area contributed by atoms with Crippen LogP contribution in [0.5, 0.6) is 0 Å². The van der Waals surface area contributed by atoms with Crippen molar-refractivity contribution in [2.45, 2.75) is 26.2 Å². The van der Waals surface area contributed by atoms with E-state index in [0.717, 1.165) is 89.1 Å². The first kappa shape index (κ1) is 36.3. The summed E-state index contributed by atoms with van der Waals surface area (Å²) < 4.78 is 4.62. The van der Waals surface area contributed by atoms with Gasteiger partial charge in [-0.15, -0.1) is 35.2 Å². The molecule has 10 aromatic rings. The molecule has 0 aliphatic carbocycles. The molecule has 3 heterocycles. The summed E-state index contributed by atoms with van der Waals surface area (Å²) in [5, 5.41) is 2.30. The van der Waals surface area contributed by atoms with E-state index in [2.05, 4.69) is 200 Å². The summed E-state index contributed by atoms with van der Waals surface area (Å²) in [5.41, 5.74) is 14.6. The average molecular weight is 914 g/mol. The Bertz CT molecular complexity index is 3010. The number of benzene rings is 7. The molecule has 5 heteroatoms. The standard InChI is InChI=1S/C52H38N4.Pt/c1-52(2,3)40-28-29-48(44(34-40)36-18-8-5-9-19-36)56-49-27-15-24-41(38-20-14-21-39(32-38)45-33-37(30-31-53-45)35-16-6-4-7-17-35)50(49)54-51(56)55-46-25-12-10-22-42(46)43-23-11-13-26-47(43)55;/h4-25,27-31,33-34H,1-3H3;/q-2;+2. The molecule has 0 amide bonds. The fraction of sp³-hybridized carbons (Fsp3) is 0.0769. The minimum Gasteiger partial charge on any atom is -0.304 e. The monoisotopic (exact) mass is 913 g/mol. The van der Waals surface area contributed by atoms with Crippen molar-refractivity contribution < 1.29 is 21.1 Å². The molecule has 7 aromatic carbocycles. The zero-order valence-corrected chi connectivity index (χ0v) is 34.1. The fourth-order valence-electron chi connectivity index (χ4n) is 7.96. The average Bonchev–Trinajstić information content (AvgIpc) is 3.79. The van der Waals surface area contributed by atoms with Crippen LogP contribution < -0.4 is 0 Å². The van der Waals surface area contributed by atoms with Crippen LogP contribution in [-0.2, 0) is 26.5 Å². The van der Waals surface area contributed by atoms with Crippen molar-refractivity contribution in [3.8, 4) is 56.3 Å². The molecular weight excluding hydrogens is 876 g/mol. The molecule has 57 heavy (non-hydrogen) atoms. The van der Waals surface area contributed by atoms with Gasteiger partial charge < -0.3 is 4.57 Å². The first-order chi connectivity index (χ1) is 27.4. The summed E-state index contributed by atoms with van der Waals surface area (Å²) in [6.07, 6.45) is 1.88. The molecule has 0 bridgehead atoms. The number of nitrogens with zero attached hydrogens (tertiary/aromatic N) is 4. The molecule has 0 atom stereocenters. The number of imidazole rings is 1. The van der Waals surface area contributed by atoms with E-state index in [1.807, 2.05) is 18.3 Å². The predicted molar refractivity (Wildman–Crippen MR) is 231 cm³/mol. The largest absolute Gasteiger partial charge is 2.00 e. The van der Waals surface area contributed by atoms with E-state index < -0.39 is 0 Å².